The van der Waals surface area contributed by atoms with E-state index >= 15 is 0 Å². The van der Waals surface area contributed by atoms with Crippen LogP contribution < -0.4 is 0 Å². The molecule has 0 atom stereocenters. The second kappa shape index (κ2) is 12.1. The molecule has 11 aromatic rings. The topological polar surface area (TPSA) is 175 Å². The molecule has 9 nitrogen and oxygen atoms in total. The van der Waals surface area contributed by atoms with Crippen LogP contribution in [-0.2, 0) is 0 Å². The minimum absolute atomic E-state index is 0.00610. The number of aromatic hydroxyl groups is 8. The summed E-state index contributed by atoms with van der Waals surface area (Å²) in [6, 6.07) is 41.5. The first-order valence-corrected chi connectivity index (χ1v) is 18.7. The Morgan fingerprint density at radius 3 is 1.24 bits per heavy atom. The second-order valence-electron chi connectivity index (χ2n) is 14.7. The monoisotopic (exact) mass is 774 g/mol. The number of hydrogen-bond donors (Lipinski definition) is 8. The van der Waals surface area contributed by atoms with Crippen molar-refractivity contribution >= 4 is 75.8 Å². The molecule has 0 spiro atoms. The molecule has 0 saturated heterocycles. The summed E-state index contributed by atoms with van der Waals surface area (Å²) in [7, 11) is 0. The minimum atomic E-state index is -1.03. The van der Waals surface area contributed by atoms with Crippen LogP contribution >= 0.6 is 0 Å². The van der Waals surface area contributed by atoms with Crippen LogP contribution in [-0.4, -0.2) is 40.9 Å². The summed E-state index contributed by atoms with van der Waals surface area (Å²) < 4.78 is 6.40. The highest BCUT2D eigenvalue weighted by Crippen LogP contribution is 2.62. The maximum Gasteiger partial charge on any atom is 0.204 e. The lowest BCUT2D eigenvalue weighted by Crippen LogP contribution is -1.96. The molecule has 0 radical (unpaired) electrons. The van der Waals surface area contributed by atoms with Gasteiger partial charge in [0.2, 0.25) is 23.0 Å². The third-order valence-corrected chi connectivity index (χ3v) is 11.7. The van der Waals surface area contributed by atoms with Crippen LogP contribution in [0.4, 0.5) is 0 Å². The molecule has 0 aliphatic heterocycles. The second-order valence-corrected chi connectivity index (χ2v) is 14.7. The quantitative estimate of drug-likeness (QED) is 0.0493. The predicted octanol–water partition coefficient (Wildman–Crippen LogP) is 12.0. The average molecular weight is 775 g/mol. The molecule has 0 fully saturated rings. The van der Waals surface area contributed by atoms with Gasteiger partial charge in [0.05, 0.1) is 0 Å². The standard InChI is InChI=1S/C50H30O9/c51-43-39-37(30-17-5-11-23-9-1-3-12-25(23)30)40-42(46(54)50(58)48(56)44(40)52)38(41(39)45(53)49(57)47(43)55)32-18-7-14-27-28(15-6-16-29(27)32)31-19-8-20-33-36(31)35-26-13-4-2-10-24(26)21-22-34(35)59-33/h1-22,51-58H. The van der Waals surface area contributed by atoms with Gasteiger partial charge in [-0.1, -0.05) is 121 Å². The van der Waals surface area contributed by atoms with Crippen molar-refractivity contribution in [2.24, 2.45) is 0 Å². The molecular weight excluding hydrogens is 745 g/mol. The molecular formula is C50H30O9. The Hall–Kier alpha value is -8.30. The van der Waals surface area contributed by atoms with Crippen molar-refractivity contribution in [3.63, 3.8) is 0 Å². The van der Waals surface area contributed by atoms with Gasteiger partial charge in [0, 0.05) is 43.4 Å². The Kier molecular flexibility index (Phi) is 6.97. The van der Waals surface area contributed by atoms with Crippen LogP contribution in [0.15, 0.2) is 138 Å². The molecule has 59 heavy (non-hydrogen) atoms. The third kappa shape index (κ3) is 4.49. The van der Waals surface area contributed by atoms with Crippen LogP contribution in [0, 0.1) is 0 Å². The normalized spacial score (nSPS) is 11.9. The van der Waals surface area contributed by atoms with Gasteiger partial charge in [-0.2, -0.15) is 0 Å². The van der Waals surface area contributed by atoms with Crippen molar-refractivity contribution in [1.29, 1.82) is 0 Å². The van der Waals surface area contributed by atoms with E-state index in [-0.39, 0.29) is 32.7 Å². The van der Waals surface area contributed by atoms with Gasteiger partial charge in [-0.15, -0.1) is 0 Å². The van der Waals surface area contributed by atoms with E-state index < -0.39 is 46.0 Å². The summed E-state index contributed by atoms with van der Waals surface area (Å²) in [5, 5.41) is 97.9. The number of phenols is 8. The molecule has 0 unspecified atom stereocenters. The lowest BCUT2D eigenvalue weighted by Gasteiger charge is -2.23. The Labute approximate surface area is 333 Å². The van der Waals surface area contributed by atoms with Gasteiger partial charge < -0.3 is 45.3 Å². The van der Waals surface area contributed by atoms with Crippen LogP contribution in [0.2, 0.25) is 0 Å². The highest BCUT2D eigenvalue weighted by molar-refractivity contribution is 6.32. The van der Waals surface area contributed by atoms with Crippen molar-refractivity contribution < 1.29 is 45.3 Å². The lowest BCUT2D eigenvalue weighted by molar-refractivity contribution is 0.350. The van der Waals surface area contributed by atoms with Gasteiger partial charge in [-0.05, 0) is 66.7 Å². The van der Waals surface area contributed by atoms with Gasteiger partial charge in [0.15, 0.2) is 23.0 Å². The summed E-state index contributed by atoms with van der Waals surface area (Å²) in [6.07, 6.45) is 0. The third-order valence-electron chi connectivity index (χ3n) is 11.7. The first-order chi connectivity index (χ1) is 28.7. The van der Waals surface area contributed by atoms with E-state index in [1.165, 1.54) is 0 Å². The fourth-order valence-electron chi connectivity index (χ4n) is 9.18. The number of fused-ring (bicyclic) bond motifs is 9. The number of hydrogen-bond acceptors (Lipinski definition) is 9. The highest BCUT2D eigenvalue weighted by atomic mass is 16.4. The molecule has 0 aliphatic carbocycles. The fraction of sp³-hybridized carbons (Fsp3) is 0. The van der Waals surface area contributed by atoms with Gasteiger partial charge in [0.25, 0.3) is 0 Å². The molecule has 1 heterocycles. The molecule has 11 rings (SSSR count). The van der Waals surface area contributed by atoms with E-state index in [0.29, 0.717) is 27.5 Å². The maximum absolute atomic E-state index is 11.9. The Morgan fingerprint density at radius 1 is 0.254 bits per heavy atom. The fourth-order valence-corrected chi connectivity index (χ4v) is 9.18. The largest absolute Gasteiger partial charge is 0.504 e. The molecule has 0 saturated carbocycles. The number of phenolic OH excluding ortho intramolecular Hbond substituents is 8. The maximum atomic E-state index is 11.9. The summed E-state index contributed by atoms with van der Waals surface area (Å²) in [5.74, 6) is -7.46. The summed E-state index contributed by atoms with van der Waals surface area (Å²) in [5.41, 5.74) is 3.79. The van der Waals surface area contributed by atoms with E-state index in [9.17, 15) is 40.9 Å². The minimum Gasteiger partial charge on any atom is -0.504 e. The lowest BCUT2D eigenvalue weighted by atomic mass is 9.81. The summed E-state index contributed by atoms with van der Waals surface area (Å²) >= 11 is 0. The van der Waals surface area contributed by atoms with Gasteiger partial charge in [-0.3, -0.25) is 0 Å². The van der Waals surface area contributed by atoms with Crippen molar-refractivity contribution in [2.45, 2.75) is 0 Å². The van der Waals surface area contributed by atoms with E-state index in [1.807, 2.05) is 84.9 Å². The van der Waals surface area contributed by atoms with Crippen molar-refractivity contribution in [3.8, 4) is 79.4 Å². The zero-order valence-corrected chi connectivity index (χ0v) is 30.7. The molecule has 1 aromatic heterocycles. The smallest absolute Gasteiger partial charge is 0.204 e. The molecule has 0 aliphatic rings. The molecule has 284 valence electrons. The summed E-state index contributed by atoms with van der Waals surface area (Å²) in [4.78, 5) is 0. The molecule has 0 amide bonds. The first-order valence-electron chi connectivity index (χ1n) is 18.7. The molecule has 10 aromatic carbocycles. The van der Waals surface area contributed by atoms with E-state index in [4.69, 9.17) is 4.42 Å². The van der Waals surface area contributed by atoms with Crippen LogP contribution in [0.5, 0.6) is 46.0 Å². The SMILES string of the molecule is Oc1c(O)c(O)c2c(-c3cccc4c(-c5cccc6oc7ccc8ccccc8c7c56)cccc34)c3c(O)c(O)c(O)c(O)c3c(-c3cccc4ccccc34)c2c1O. The van der Waals surface area contributed by atoms with Gasteiger partial charge >= 0.3 is 0 Å². The van der Waals surface area contributed by atoms with Crippen molar-refractivity contribution in [1.82, 2.24) is 0 Å². The van der Waals surface area contributed by atoms with E-state index in [0.717, 1.165) is 49.0 Å². The average Bonchev–Trinajstić information content (AvgIpc) is 3.67. The zero-order valence-electron chi connectivity index (χ0n) is 30.7. The van der Waals surface area contributed by atoms with Crippen molar-refractivity contribution in [3.05, 3.63) is 133 Å². The number of benzene rings is 10. The Balaban J connectivity index is 1.33. The molecule has 0 bridgehead atoms. The number of rotatable bonds is 3. The summed E-state index contributed by atoms with van der Waals surface area (Å²) in [6.45, 7) is 0. The zero-order chi connectivity index (χ0) is 40.4. The van der Waals surface area contributed by atoms with Crippen molar-refractivity contribution in [2.75, 3.05) is 0 Å². The Morgan fingerprint density at radius 2 is 0.644 bits per heavy atom. The van der Waals surface area contributed by atoms with Crippen LogP contribution in [0.25, 0.3) is 109 Å². The van der Waals surface area contributed by atoms with Gasteiger partial charge in [0.1, 0.15) is 11.2 Å². The van der Waals surface area contributed by atoms with E-state index in [1.54, 1.807) is 36.4 Å². The molecule has 9 heteroatoms. The first kappa shape index (κ1) is 34.0. The van der Waals surface area contributed by atoms with Crippen LogP contribution in [0.3, 0.4) is 0 Å². The Bertz CT molecular complexity index is 3570. The number of furan rings is 1. The molecule has 8 N–H and O–H groups in total. The predicted molar refractivity (Wildman–Crippen MR) is 231 cm³/mol. The van der Waals surface area contributed by atoms with Gasteiger partial charge in [-0.25, -0.2) is 0 Å². The van der Waals surface area contributed by atoms with E-state index in [2.05, 4.69) is 12.1 Å². The highest BCUT2D eigenvalue weighted by Gasteiger charge is 2.33. The van der Waals surface area contributed by atoms with Crippen LogP contribution in [0.1, 0.15) is 0 Å².